The first-order valence-corrected chi connectivity index (χ1v) is 11.0. The smallest absolute Gasteiger partial charge is 0.222 e. The van der Waals surface area contributed by atoms with Gasteiger partial charge >= 0.3 is 0 Å². The third-order valence-electron chi connectivity index (χ3n) is 5.81. The van der Waals surface area contributed by atoms with Crippen LogP contribution in [0.2, 0.25) is 0 Å². The van der Waals surface area contributed by atoms with Gasteiger partial charge in [-0.3, -0.25) is 9.69 Å². The quantitative estimate of drug-likeness (QED) is 0.580. The van der Waals surface area contributed by atoms with Gasteiger partial charge in [0.05, 0.1) is 7.11 Å². The van der Waals surface area contributed by atoms with Crippen molar-refractivity contribution in [2.75, 3.05) is 20.7 Å². The highest BCUT2D eigenvalue weighted by molar-refractivity contribution is 7.19. The van der Waals surface area contributed by atoms with Gasteiger partial charge in [-0.2, -0.15) is 0 Å². The second kappa shape index (κ2) is 8.97. The van der Waals surface area contributed by atoms with Crippen LogP contribution in [0.5, 0.6) is 5.75 Å². The van der Waals surface area contributed by atoms with Gasteiger partial charge in [-0.15, -0.1) is 11.3 Å². The van der Waals surface area contributed by atoms with Crippen LogP contribution in [0.25, 0.3) is 10.1 Å². The molecule has 1 saturated heterocycles. The zero-order valence-electron chi connectivity index (χ0n) is 17.1. The molecule has 152 valence electrons. The van der Waals surface area contributed by atoms with E-state index < -0.39 is 0 Å². The summed E-state index contributed by atoms with van der Waals surface area (Å²) in [5.74, 6) is 1.11. The molecule has 0 aliphatic carbocycles. The molecule has 1 unspecified atom stereocenters. The van der Waals surface area contributed by atoms with Crippen molar-refractivity contribution < 1.29 is 9.53 Å². The Morgan fingerprint density at radius 1 is 1.14 bits per heavy atom. The Labute approximate surface area is 176 Å². The number of amides is 1. The van der Waals surface area contributed by atoms with Crippen molar-refractivity contribution in [3.63, 3.8) is 0 Å². The summed E-state index contributed by atoms with van der Waals surface area (Å²) < 4.78 is 6.57. The number of thiophene rings is 1. The Morgan fingerprint density at radius 3 is 2.69 bits per heavy atom. The largest absolute Gasteiger partial charge is 0.497 e. The Kier molecular flexibility index (Phi) is 6.16. The first-order chi connectivity index (χ1) is 14.1. The topological polar surface area (TPSA) is 32.8 Å². The number of hydrogen-bond donors (Lipinski definition) is 0. The molecule has 4 rings (SSSR count). The van der Waals surface area contributed by atoms with Crippen LogP contribution in [0.1, 0.15) is 29.7 Å². The summed E-state index contributed by atoms with van der Waals surface area (Å²) in [7, 11) is 3.86. The third kappa shape index (κ3) is 4.80. The van der Waals surface area contributed by atoms with Gasteiger partial charge in [-0.1, -0.05) is 30.3 Å². The lowest BCUT2D eigenvalue weighted by Gasteiger charge is -2.26. The van der Waals surface area contributed by atoms with Crippen molar-refractivity contribution in [1.29, 1.82) is 0 Å². The van der Waals surface area contributed by atoms with E-state index in [0.29, 0.717) is 19.0 Å². The second-order valence-corrected chi connectivity index (χ2v) is 8.98. The predicted molar refractivity (Wildman–Crippen MR) is 119 cm³/mol. The Morgan fingerprint density at radius 2 is 1.93 bits per heavy atom. The number of rotatable bonds is 6. The van der Waals surface area contributed by atoms with Crippen LogP contribution in [0.15, 0.2) is 54.6 Å². The molecule has 0 N–H and O–H groups in total. The number of methoxy groups -OCH3 is 1. The van der Waals surface area contributed by atoms with Gasteiger partial charge < -0.3 is 9.64 Å². The first kappa shape index (κ1) is 19.9. The molecule has 0 spiro atoms. The van der Waals surface area contributed by atoms with Gasteiger partial charge in [0, 0.05) is 41.7 Å². The van der Waals surface area contributed by atoms with E-state index in [-0.39, 0.29) is 5.91 Å². The number of carbonyl (C=O) groups is 1. The van der Waals surface area contributed by atoms with Gasteiger partial charge in [0.2, 0.25) is 5.91 Å². The summed E-state index contributed by atoms with van der Waals surface area (Å²) in [6.45, 7) is 2.43. The SMILES string of the molecule is COc1ccc(CN2CCC(N(C)Cc3cc4ccccc4s3)CCC2=O)cc1. The molecule has 1 atom stereocenters. The highest BCUT2D eigenvalue weighted by Gasteiger charge is 2.25. The van der Waals surface area contributed by atoms with Crippen molar-refractivity contribution in [2.45, 2.75) is 38.4 Å². The highest BCUT2D eigenvalue weighted by atomic mass is 32.1. The highest BCUT2D eigenvalue weighted by Crippen LogP contribution is 2.28. The third-order valence-corrected chi connectivity index (χ3v) is 6.91. The average Bonchev–Trinajstić information content (AvgIpc) is 3.05. The second-order valence-electron chi connectivity index (χ2n) is 7.81. The molecule has 5 heteroatoms. The van der Waals surface area contributed by atoms with Crippen LogP contribution in [0.3, 0.4) is 0 Å². The van der Waals surface area contributed by atoms with Crippen molar-refractivity contribution in [2.24, 2.45) is 0 Å². The van der Waals surface area contributed by atoms with Crippen molar-refractivity contribution in [3.8, 4) is 5.75 Å². The number of benzene rings is 2. The van der Waals surface area contributed by atoms with Crippen molar-refractivity contribution in [1.82, 2.24) is 9.80 Å². The van der Waals surface area contributed by atoms with Gasteiger partial charge in [0.15, 0.2) is 0 Å². The molecule has 1 amide bonds. The van der Waals surface area contributed by atoms with E-state index >= 15 is 0 Å². The molecular weight excluding hydrogens is 380 g/mol. The monoisotopic (exact) mass is 408 g/mol. The molecule has 2 aromatic carbocycles. The first-order valence-electron chi connectivity index (χ1n) is 10.2. The Hall–Kier alpha value is -2.37. The summed E-state index contributed by atoms with van der Waals surface area (Å²) in [5.41, 5.74) is 1.15. The molecule has 0 radical (unpaired) electrons. The molecule has 29 heavy (non-hydrogen) atoms. The minimum absolute atomic E-state index is 0.263. The van der Waals surface area contributed by atoms with Crippen LogP contribution in [-0.2, 0) is 17.9 Å². The van der Waals surface area contributed by atoms with E-state index in [2.05, 4.69) is 42.3 Å². The summed E-state index contributed by atoms with van der Waals surface area (Å²) >= 11 is 1.87. The Bertz CT molecular complexity index is 933. The fraction of sp³-hybridized carbons (Fsp3) is 0.375. The summed E-state index contributed by atoms with van der Waals surface area (Å²) in [5, 5.41) is 1.32. The van der Waals surface area contributed by atoms with E-state index in [9.17, 15) is 4.79 Å². The normalized spacial score (nSPS) is 17.7. The fourth-order valence-corrected chi connectivity index (χ4v) is 5.20. The summed E-state index contributed by atoms with van der Waals surface area (Å²) in [6.07, 6.45) is 2.57. The lowest BCUT2D eigenvalue weighted by molar-refractivity contribution is -0.131. The van der Waals surface area contributed by atoms with E-state index in [4.69, 9.17) is 4.74 Å². The van der Waals surface area contributed by atoms with E-state index in [1.807, 2.05) is 40.5 Å². The number of carbonyl (C=O) groups excluding carboxylic acids is 1. The minimum Gasteiger partial charge on any atom is -0.497 e. The number of ether oxygens (including phenoxy) is 1. The number of nitrogens with zero attached hydrogens (tertiary/aromatic N) is 2. The maximum Gasteiger partial charge on any atom is 0.222 e. The van der Waals surface area contributed by atoms with Crippen LogP contribution in [-0.4, -0.2) is 42.5 Å². The van der Waals surface area contributed by atoms with Crippen molar-refractivity contribution >= 4 is 27.3 Å². The lowest BCUT2D eigenvalue weighted by atomic mass is 10.1. The number of fused-ring (bicyclic) bond motifs is 1. The van der Waals surface area contributed by atoms with Gasteiger partial charge in [0.1, 0.15) is 5.75 Å². The molecule has 1 aliphatic rings. The van der Waals surface area contributed by atoms with Crippen molar-refractivity contribution in [3.05, 3.63) is 65.0 Å². The average molecular weight is 409 g/mol. The molecule has 2 heterocycles. The predicted octanol–water partition coefficient (Wildman–Crippen LogP) is 4.92. The lowest BCUT2D eigenvalue weighted by Crippen LogP contribution is -2.33. The van der Waals surface area contributed by atoms with E-state index in [1.54, 1.807) is 7.11 Å². The molecule has 1 fully saturated rings. The van der Waals surface area contributed by atoms with Crippen LogP contribution in [0.4, 0.5) is 0 Å². The van der Waals surface area contributed by atoms with Crippen LogP contribution >= 0.6 is 11.3 Å². The standard InChI is InChI=1S/C24H28N2O2S/c1-25(17-22-15-19-5-3-4-6-23(19)29-22)20-9-12-24(27)26(14-13-20)16-18-7-10-21(28-2)11-8-18/h3-8,10-11,15,20H,9,12-14,16-17H2,1-2H3. The fourth-order valence-electron chi connectivity index (χ4n) is 4.07. The molecule has 4 nitrogen and oxygen atoms in total. The zero-order valence-corrected chi connectivity index (χ0v) is 18.0. The number of likely N-dealkylation sites (tertiary alicyclic amines) is 1. The molecule has 1 aliphatic heterocycles. The van der Waals surface area contributed by atoms with Crippen LogP contribution in [0, 0.1) is 0 Å². The van der Waals surface area contributed by atoms with Gasteiger partial charge in [-0.25, -0.2) is 0 Å². The molecule has 0 saturated carbocycles. The van der Waals surface area contributed by atoms with Crippen LogP contribution < -0.4 is 4.74 Å². The minimum atomic E-state index is 0.263. The summed E-state index contributed by atoms with van der Waals surface area (Å²) in [4.78, 5) is 18.5. The maximum absolute atomic E-state index is 12.7. The molecule has 1 aromatic heterocycles. The Balaban J connectivity index is 1.36. The summed E-state index contributed by atoms with van der Waals surface area (Å²) in [6, 6.07) is 19.3. The van der Waals surface area contributed by atoms with E-state index in [1.165, 1.54) is 15.0 Å². The van der Waals surface area contributed by atoms with E-state index in [0.717, 1.165) is 37.2 Å². The van der Waals surface area contributed by atoms with Gasteiger partial charge in [-0.05, 0) is 55.1 Å². The molecule has 0 bridgehead atoms. The zero-order chi connectivity index (χ0) is 20.2. The maximum atomic E-state index is 12.7. The number of hydrogen-bond acceptors (Lipinski definition) is 4. The molecule has 3 aromatic rings. The van der Waals surface area contributed by atoms with Gasteiger partial charge in [0.25, 0.3) is 0 Å². The molecular formula is C24H28N2O2S.